The second kappa shape index (κ2) is 19.9. The lowest BCUT2D eigenvalue weighted by atomic mass is 9.82. The molecule has 0 bridgehead atoms. The van der Waals surface area contributed by atoms with Gasteiger partial charge in [-0.1, -0.05) is 128 Å². The number of imide groups is 2. The average molecular weight is 887 g/mol. The highest BCUT2D eigenvalue weighted by molar-refractivity contribution is 7.99. The van der Waals surface area contributed by atoms with Gasteiger partial charge in [0.25, 0.3) is 23.6 Å². The van der Waals surface area contributed by atoms with Crippen molar-refractivity contribution >= 4 is 102 Å². The van der Waals surface area contributed by atoms with Gasteiger partial charge >= 0.3 is 0 Å². The molecule has 0 unspecified atom stereocenters. The molecule has 0 aromatic heterocycles. The molecule has 4 amide bonds. The van der Waals surface area contributed by atoms with Crippen molar-refractivity contribution in [1.82, 2.24) is 0 Å². The van der Waals surface area contributed by atoms with Crippen molar-refractivity contribution < 1.29 is 19.2 Å². The highest BCUT2D eigenvalue weighted by Crippen LogP contribution is 2.47. The Kier molecular flexibility index (Phi) is 13.7. The number of unbranched alkanes of at least 4 members (excludes halogenated alkanes) is 14. The molecule has 7 aromatic carbocycles. The Hall–Kier alpha value is -5.18. The van der Waals surface area contributed by atoms with E-state index in [0.717, 1.165) is 53.6 Å². The fourth-order valence-electron chi connectivity index (χ4n) is 9.97. The van der Waals surface area contributed by atoms with E-state index in [0.29, 0.717) is 44.4 Å². The van der Waals surface area contributed by atoms with Gasteiger partial charge in [0.15, 0.2) is 0 Å². The topological polar surface area (TPSA) is 74.8 Å². The molecule has 2 aliphatic rings. The van der Waals surface area contributed by atoms with Crippen molar-refractivity contribution in [3.05, 3.63) is 119 Å². The zero-order chi connectivity index (χ0) is 44.2. The van der Waals surface area contributed by atoms with Crippen LogP contribution in [-0.4, -0.2) is 35.1 Å². The largest absolute Gasteiger partial charge is 0.268 e. The number of nitrogens with zero attached hydrogens (tertiary/aromatic N) is 2. The number of hydrogen-bond acceptors (Lipinski definition) is 6. The molecule has 8 heteroatoms. The molecule has 7 aromatic rings. The van der Waals surface area contributed by atoms with E-state index in [9.17, 15) is 19.2 Å². The lowest BCUT2D eigenvalue weighted by molar-refractivity contribution is 0.0877. The van der Waals surface area contributed by atoms with Crippen molar-refractivity contribution in [2.24, 2.45) is 0 Å². The van der Waals surface area contributed by atoms with Crippen LogP contribution in [0.5, 0.6) is 0 Å². The van der Waals surface area contributed by atoms with Gasteiger partial charge in [0, 0.05) is 42.8 Å². The Labute approximate surface area is 385 Å². The summed E-state index contributed by atoms with van der Waals surface area (Å²) in [6, 6.07) is 30.7. The summed E-state index contributed by atoms with van der Waals surface area (Å²) in [6.45, 7) is 4.50. The fraction of sp³-hybridized carbons (Fsp3) is 0.357. The summed E-state index contributed by atoms with van der Waals surface area (Å²) in [4.78, 5) is 62.2. The first-order chi connectivity index (χ1) is 31.4. The van der Waals surface area contributed by atoms with Crippen LogP contribution in [0.3, 0.4) is 0 Å². The molecule has 328 valence electrons. The number of rotatable bonds is 22. The Balaban J connectivity index is 0.931. The van der Waals surface area contributed by atoms with Crippen LogP contribution in [0.4, 0.5) is 11.4 Å². The molecule has 0 fully saturated rings. The van der Waals surface area contributed by atoms with Gasteiger partial charge in [-0.2, -0.15) is 0 Å². The first-order valence-electron chi connectivity index (χ1n) is 23.8. The van der Waals surface area contributed by atoms with Crippen LogP contribution in [0.25, 0.3) is 43.1 Å². The van der Waals surface area contributed by atoms with Gasteiger partial charge in [-0.15, -0.1) is 23.5 Å². The summed E-state index contributed by atoms with van der Waals surface area (Å²) in [5, 5.41) is 6.49. The molecule has 6 nitrogen and oxygen atoms in total. The SMILES string of the molecule is CCCCCCCCCCSc1ccc(N2C(=O)c3ccc4c5ccc6c7c(ccc(c8ccc(c3c48)C2=O)c75)C(=O)N(c2ccc(SCCCCCCCCCC)cc2)C6=O)cc1. The van der Waals surface area contributed by atoms with E-state index in [2.05, 4.69) is 13.8 Å². The van der Waals surface area contributed by atoms with Crippen LogP contribution in [-0.2, 0) is 0 Å². The molecule has 0 radical (unpaired) electrons. The minimum absolute atomic E-state index is 0.344. The normalized spacial score (nSPS) is 13.8. The molecule has 0 spiro atoms. The molecular formula is C56H58N2O4S2. The van der Waals surface area contributed by atoms with E-state index in [1.807, 2.05) is 121 Å². The van der Waals surface area contributed by atoms with Crippen molar-refractivity contribution in [2.75, 3.05) is 21.3 Å². The summed E-state index contributed by atoms with van der Waals surface area (Å²) < 4.78 is 0. The smallest absolute Gasteiger partial charge is 0.265 e. The molecule has 0 saturated heterocycles. The van der Waals surface area contributed by atoms with Crippen molar-refractivity contribution in [3.8, 4) is 0 Å². The maximum atomic E-state index is 14.3. The number of anilines is 2. The summed E-state index contributed by atoms with van der Waals surface area (Å²) >= 11 is 3.64. The number of carbonyl (C=O) groups is 4. The maximum absolute atomic E-state index is 14.3. The fourth-order valence-corrected chi connectivity index (χ4v) is 11.8. The second-order valence-corrected chi connectivity index (χ2v) is 20.0. The Morgan fingerprint density at radius 3 is 0.906 bits per heavy atom. The van der Waals surface area contributed by atoms with Crippen LogP contribution < -0.4 is 9.80 Å². The monoisotopic (exact) mass is 886 g/mol. The van der Waals surface area contributed by atoms with E-state index < -0.39 is 0 Å². The third kappa shape index (κ3) is 8.44. The number of thioether (sulfide) groups is 2. The van der Waals surface area contributed by atoms with Gasteiger partial charge in [0.2, 0.25) is 0 Å². The van der Waals surface area contributed by atoms with Crippen LogP contribution in [0.2, 0.25) is 0 Å². The maximum Gasteiger partial charge on any atom is 0.265 e. The van der Waals surface area contributed by atoms with Crippen LogP contribution in [0.15, 0.2) is 107 Å². The van der Waals surface area contributed by atoms with Crippen molar-refractivity contribution in [1.29, 1.82) is 0 Å². The van der Waals surface area contributed by atoms with E-state index >= 15 is 0 Å². The molecule has 9 rings (SSSR count). The van der Waals surface area contributed by atoms with Crippen molar-refractivity contribution in [2.45, 2.75) is 126 Å². The standard InChI is InChI=1S/C56H58N2O4S2/c1-3-5-7-9-11-13-15-17-35-63-39-23-19-37(20-24-39)57-53(59)45-31-27-41-43-29-33-47-52-48(34-30-44(50(43)52)42-28-32-46(54(57)60)51(45)49(41)42)56(62)58(55(47)61)38-21-25-40(26-22-38)64-36-18-16-14-12-10-8-6-4-2/h19-34H,3-18,35-36H2,1-2H3. The van der Waals surface area contributed by atoms with Crippen LogP contribution in [0, 0.1) is 0 Å². The summed E-state index contributed by atoms with van der Waals surface area (Å²) in [5.74, 6) is 0.721. The lowest BCUT2D eigenvalue weighted by Crippen LogP contribution is -2.40. The predicted octanol–water partition coefficient (Wildman–Crippen LogP) is 15.8. The van der Waals surface area contributed by atoms with Gasteiger partial charge in [0.1, 0.15) is 0 Å². The minimum atomic E-state index is -0.344. The summed E-state index contributed by atoms with van der Waals surface area (Å²) in [6.07, 6.45) is 20.7. The molecule has 2 heterocycles. The molecule has 0 atom stereocenters. The molecule has 0 saturated carbocycles. The molecule has 0 N–H and O–H groups in total. The first kappa shape index (κ1) is 44.0. The van der Waals surface area contributed by atoms with E-state index in [-0.39, 0.29) is 23.6 Å². The van der Waals surface area contributed by atoms with Gasteiger partial charge in [-0.25, -0.2) is 9.80 Å². The van der Waals surface area contributed by atoms with Crippen LogP contribution >= 0.6 is 23.5 Å². The summed E-state index contributed by atoms with van der Waals surface area (Å²) in [7, 11) is 0. The first-order valence-corrected chi connectivity index (χ1v) is 25.8. The zero-order valence-corrected chi connectivity index (χ0v) is 38.9. The Bertz CT molecular complexity index is 2540. The van der Waals surface area contributed by atoms with Crippen LogP contribution in [0.1, 0.15) is 158 Å². The second-order valence-electron chi connectivity index (χ2n) is 17.7. The molecule has 64 heavy (non-hydrogen) atoms. The number of benzene rings is 7. The van der Waals surface area contributed by atoms with Gasteiger partial charge in [0.05, 0.1) is 11.4 Å². The quantitative estimate of drug-likeness (QED) is 0.0222. The molecular weight excluding hydrogens is 829 g/mol. The minimum Gasteiger partial charge on any atom is -0.268 e. The number of carbonyl (C=O) groups excluding carboxylic acids is 4. The highest BCUT2D eigenvalue weighted by Gasteiger charge is 2.38. The molecule has 0 aliphatic carbocycles. The Morgan fingerprint density at radius 1 is 0.328 bits per heavy atom. The highest BCUT2D eigenvalue weighted by atomic mass is 32.2. The predicted molar refractivity (Wildman–Crippen MR) is 269 cm³/mol. The number of hydrogen-bond donors (Lipinski definition) is 0. The average Bonchev–Trinajstić information content (AvgIpc) is 3.32. The zero-order valence-electron chi connectivity index (χ0n) is 37.3. The van der Waals surface area contributed by atoms with Gasteiger partial charge in [-0.05, 0) is 129 Å². The lowest BCUT2D eigenvalue weighted by Gasteiger charge is -2.30. The van der Waals surface area contributed by atoms with E-state index in [1.165, 1.54) is 113 Å². The third-order valence-electron chi connectivity index (χ3n) is 13.4. The number of fused-ring (bicyclic) bond motifs is 2. The molecule has 2 aliphatic heterocycles. The third-order valence-corrected chi connectivity index (χ3v) is 15.6. The number of amides is 4. The Morgan fingerprint density at radius 2 is 0.609 bits per heavy atom. The van der Waals surface area contributed by atoms with Gasteiger partial charge < -0.3 is 0 Å². The van der Waals surface area contributed by atoms with E-state index in [1.54, 1.807) is 0 Å². The van der Waals surface area contributed by atoms with Crippen molar-refractivity contribution in [3.63, 3.8) is 0 Å². The summed E-state index contributed by atoms with van der Waals surface area (Å²) in [5.41, 5.74) is 3.05. The van der Waals surface area contributed by atoms with Gasteiger partial charge in [-0.3, -0.25) is 19.2 Å². The van der Waals surface area contributed by atoms with E-state index in [4.69, 9.17) is 0 Å².